The zero-order valence-electron chi connectivity index (χ0n) is 17.9. The largest absolute Gasteiger partial charge is 0.325 e. The molecule has 0 aromatic heterocycles. The first-order valence-corrected chi connectivity index (χ1v) is 10.8. The van der Waals surface area contributed by atoms with Crippen LogP contribution in [-0.4, -0.2) is 24.1 Å². The van der Waals surface area contributed by atoms with Crippen LogP contribution in [0.2, 0.25) is 5.02 Å². The maximum absolute atomic E-state index is 13.0. The van der Waals surface area contributed by atoms with E-state index < -0.39 is 5.92 Å². The molecule has 1 heterocycles. The topological polar surface area (TPSA) is 66.5 Å². The summed E-state index contributed by atoms with van der Waals surface area (Å²) in [5.41, 5.74) is 4.13. The van der Waals surface area contributed by atoms with Crippen LogP contribution in [0.5, 0.6) is 0 Å². The second-order valence-electron chi connectivity index (χ2n) is 8.07. The van der Waals surface area contributed by atoms with Crippen molar-refractivity contribution in [2.24, 2.45) is 5.92 Å². The van der Waals surface area contributed by atoms with Crippen molar-refractivity contribution >= 4 is 40.6 Å². The van der Waals surface area contributed by atoms with Crippen molar-refractivity contribution in [3.63, 3.8) is 0 Å². The Bertz CT molecular complexity index is 1210. The van der Waals surface area contributed by atoms with Crippen molar-refractivity contribution in [2.75, 3.05) is 16.8 Å². The van der Waals surface area contributed by atoms with Gasteiger partial charge < -0.3 is 10.2 Å². The van der Waals surface area contributed by atoms with E-state index in [1.807, 2.05) is 38.1 Å². The lowest BCUT2D eigenvalue weighted by Crippen LogP contribution is -2.29. The van der Waals surface area contributed by atoms with E-state index in [2.05, 4.69) is 5.32 Å². The summed E-state index contributed by atoms with van der Waals surface area (Å²) in [6.45, 7) is 4.25. The predicted octanol–water partition coefficient (Wildman–Crippen LogP) is 5.18. The monoisotopic (exact) mass is 446 g/mol. The molecular weight excluding hydrogens is 424 g/mol. The van der Waals surface area contributed by atoms with Crippen molar-refractivity contribution in [1.82, 2.24) is 0 Å². The van der Waals surface area contributed by atoms with Crippen LogP contribution in [0.15, 0.2) is 66.7 Å². The first kappa shape index (κ1) is 21.8. The Morgan fingerprint density at radius 3 is 2.47 bits per heavy atom. The number of anilines is 2. The molecule has 1 fully saturated rings. The summed E-state index contributed by atoms with van der Waals surface area (Å²) in [6.07, 6.45) is 0.120. The van der Waals surface area contributed by atoms with Crippen LogP contribution in [0.4, 0.5) is 11.4 Å². The van der Waals surface area contributed by atoms with E-state index in [1.165, 1.54) is 0 Å². The number of ketones is 1. The van der Waals surface area contributed by atoms with Crippen molar-refractivity contribution < 1.29 is 14.4 Å². The highest BCUT2D eigenvalue weighted by Gasteiger charge is 2.36. The summed E-state index contributed by atoms with van der Waals surface area (Å²) < 4.78 is 0. The Balaban J connectivity index is 1.55. The molecule has 1 atom stereocenters. The predicted molar refractivity (Wildman–Crippen MR) is 126 cm³/mol. The van der Waals surface area contributed by atoms with Gasteiger partial charge in [-0.1, -0.05) is 59.6 Å². The van der Waals surface area contributed by atoms with Crippen LogP contribution in [0.3, 0.4) is 0 Å². The molecule has 0 bridgehead atoms. The lowest BCUT2D eigenvalue weighted by molar-refractivity contribution is -0.122. The number of hydrogen-bond acceptors (Lipinski definition) is 3. The van der Waals surface area contributed by atoms with Crippen LogP contribution in [0.25, 0.3) is 0 Å². The number of amides is 2. The lowest BCUT2D eigenvalue weighted by atomic mass is 10.0. The molecule has 0 aliphatic carbocycles. The fourth-order valence-electron chi connectivity index (χ4n) is 4.02. The first-order valence-electron chi connectivity index (χ1n) is 10.4. The molecule has 3 aromatic rings. The molecule has 1 saturated heterocycles. The summed E-state index contributed by atoms with van der Waals surface area (Å²) in [5.74, 6) is -1.13. The summed E-state index contributed by atoms with van der Waals surface area (Å²) in [4.78, 5) is 40.4. The highest BCUT2D eigenvalue weighted by Crippen LogP contribution is 2.30. The van der Waals surface area contributed by atoms with Gasteiger partial charge in [0.1, 0.15) is 0 Å². The summed E-state index contributed by atoms with van der Waals surface area (Å²) in [5, 5.41) is 3.25. The van der Waals surface area contributed by atoms with Crippen molar-refractivity contribution in [3.8, 4) is 0 Å². The second-order valence-corrected chi connectivity index (χ2v) is 8.51. The number of nitrogens with zero attached hydrogens (tertiary/aromatic N) is 1. The minimum absolute atomic E-state index is 0.0891. The fraction of sp³-hybridized carbons (Fsp3) is 0.192. The van der Waals surface area contributed by atoms with Crippen LogP contribution >= 0.6 is 11.6 Å². The molecule has 6 heteroatoms. The molecule has 1 aliphatic rings. The quantitative estimate of drug-likeness (QED) is 0.549. The number of rotatable bonds is 5. The second kappa shape index (κ2) is 8.97. The molecule has 1 N–H and O–H groups in total. The van der Waals surface area contributed by atoms with Crippen LogP contribution in [-0.2, 0) is 9.59 Å². The van der Waals surface area contributed by atoms with Crippen molar-refractivity contribution in [2.45, 2.75) is 20.3 Å². The number of halogens is 1. The van der Waals surface area contributed by atoms with Gasteiger partial charge >= 0.3 is 0 Å². The number of aryl methyl sites for hydroxylation is 2. The Hall–Kier alpha value is -3.44. The van der Waals surface area contributed by atoms with Crippen LogP contribution in [0, 0.1) is 19.8 Å². The fourth-order valence-corrected chi connectivity index (χ4v) is 4.19. The average molecular weight is 447 g/mol. The van der Waals surface area contributed by atoms with Gasteiger partial charge in [0.2, 0.25) is 11.8 Å². The number of carbonyl (C=O) groups is 3. The summed E-state index contributed by atoms with van der Waals surface area (Å²) in [6, 6.07) is 19.5. The van der Waals surface area contributed by atoms with E-state index in [0.29, 0.717) is 28.4 Å². The zero-order valence-corrected chi connectivity index (χ0v) is 18.6. The maximum atomic E-state index is 13.0. The number of carbonyl (C=O) groups excluding carboxylic acids is 3. The molecule has 2 amide bonds. The molecule has 32 heavy (non-hydrogen) atoms. The van der Waals surface area contributed by atoms with Gasteiger partial charge in [0.15, 0.2) is 5.78 Å². The van der Waals surface area contributed by atoms with E-state index in [9.17, 15) is 14.4 Å². The average Bonchev–Trinajstić information content (AvgIpc) is 3.16. The first-order chi connectivity index (χ1) is 15.3. The van der Waals surface area contributed by atoms with Gasteiger partial charge in [-0.05, 0) is 43.7 Å². The minimum atomic E-state index is -0.515. The zero-order chi connectivity index (χ0) is 22.8. The Kier molecular flexibility index (Phi) is 6.10. The summed E-state index contributed by atoms with van der Waals surface area (Å²) >= 11 is 6.13. The van der Waals surface area contributed by atoms with Crippen LogP contribution < -0.4 is 10.2 Å². The van der Waals surface area contributed by atoms with Gasteiger partial charge in [0, 0.05) is 34.8 Å². The highest BCUT2D eigenvalue weighted by atomic mass is 35.5. The molecule has 3 aromatic carbocycles. The third kappa shape index (κ3) is 4.43. The van der Waals surface area contributed by atoms with Gasteiger partial charge in [-0.25, -0.2) is 0 Å². The van der Waals surface area contributed by atoms with E-state index in [1.54, 1.807) is 47.4 Å². The smallest absolute Gasteiger partial charge is 0.229 e. The minimum Gasteiger partial charge on any atom is -0.325 e. The van der Waals surface area contributed by atoms with E-state index in [-0.39, 0.29) is 24.0 Å². The molecule has 5 nitrogen and oxygen atoms in total. The third-order valence-electron chi connectivity index (χ3n) is 5.66. The van der Waals surface area contributed by atoms with Crippen LogP contribution in [0.1, 0.15) is 33.5 Å². The summed E-state index contributed by atoms with van der Waals surface area (Å²) in [7, 11) is 0. The number of nitrogens with one attached hydrogen (secondary N) is 1. The molecular formula is C26H23ClN2O3. The Morgan fingerprint density at radius 2 is 1.75 bits per heavy atom. The van der Waals surface area contributed by atoms with Crippen molar-refractivity contribution in [1.29, 1.82) is 0 Å². The Morgan fingerprint density at radius 1 is 1.00 bits per heavy atom. The molecule has 1 unspecified atom stereocenters. The maximum Gasteiger partial charge on any atom is 0.229 e. The number of benzene rings is 3. The van der Waals surface area contributed by atoms with E-state index in [0.717, 1.165) is 16.8 Å². The Labute approximate surface area is 192 Å². The third-order valence-corrected chi connectivity index (χ3v) is 5.89. The van der Waals surface area contributed by atoms with Gasteiger partial charge in [0.25, 0.3) is 0 Å². The molecule has 0 spiro atoms. The molecule has 4 rings (SSSR count). The molecule has 1 aliphatic heterocycles. The normalized spacial score (nSPS) is 15.7. The lowest BCUT2D eigenvalue weighted by Gasteiger charge is -2.19. The van der Waals surface area contributed by atoms with E-state index in [4.69, 9.17) is 11.6 Å². The molecule has 0 radical (unpaired) electrons. The van der Waals surface area contributed by atoms with Gasteiger partial charge in [0.05, 0.1) is 11.6 Å². The van der Waals surface area contributed by atoms with Gasteiger partial charge in [-0.3, -0.25) is 14.4 Å². The highest BCUT2D eigenvalue weighted by molar-refractivity contribution is 6.31. The molecule has 162 valence electrons. The SMILES string of the molecule is Cc1ccc(N2CC(C(=O)Nc3ccc(Cl)cc3C(=O)c3ccccc3)CC2=O)c(C)c1. The van der Waals surface area contributed by atoms with Crippen molar-refractivity contribution in [3.05, 3.63) is 94.0 Å². The van der Waals surface area contributed by atoms with Gasteiger partial charge in [-0.15, -0.1) is 0 Å². The molecule has 0 saturated carbocycles. The van der Waals surface area contributed by atoms with Gasteiger partial charge in [-0.2, -0.15) is 0 Å². The number of hydrogen-bond donors (Lipinski definition) is 1. The van der Waals surface area contributed by atoms with E-state index >= 15 is 0 Å². The standard InChI is InChI=1S/C26H23ClN2O3/c1-16-8-11-23(17(2)12-16)29-15-19(13-24(29)30)26(32)28-22-10-9-20(27)14-21(22)25(31)18-6-4-3-5-7-18/h3-12,14,19H,13,15H2,1-2H3,(H,28,32).